The monoisotopic (exact) mass is 1030 g/mol. The number of aliphatic hydroxyl groups excluding tert-OH is 4. The molecule has 0 amide bonds. The summed E-state index contributed by atoms with van der Waals surface area (Å²) in [5, 5.41) is 36.5. The molecule has 16 heteroatoms. The van der Waals surface area contributed by atoms with Crippen molar-refractivity contribution in [3.05, 3.63) is 144 Å². The molecule has 0 unspecified atom stereocenters. The molecule has 7 aromatic rings. The number of H-pyrrole nitrogens is 2. The first-order valence-corrected chi connectivity index (χ1v) is 25.4. The SMILES string of the molecule is OCCOCCOc1ccc(-c2c3nc(c(-c4ccc(OCCOCCO)cc4)c4ccc([nH]4)c(-c4ccc(OCCOCCO)cc4)c4nc(c(-c5ccc(OCCOCCO)cc5)c5ccc2[nH]5)C=C4)C=C3)cc1. The van der Waals surface area contributed by atoms with Crippen molar-refractivity contribution in [1.82, 2.24) is 19.9 Å². The van der Waals surface area contributed by atoms with Gasteiger partial charge in [-0.25, -0.2) is 9.97 Å². The van der Waals surface area contributed by atoms with Crippen molar-refractivity contribution in [2.24, 2.45) is 0 Å². The predicted molar refractivity (Wildman–Crippen MR) is 294 cm³/mol. The molecule has 9 rings (SSSR count). The Bertz CT molecular complexity index is 2790. The molecule has 0 radical (unpaired) electrons. The Morgan fingerprint density at radius 1 is 0.276 bits per heavy atom. The number of hydrogen-bond donors (Lipinski definition) is 6. The van der Waals surface area contributed by atoms with Crippen LogP contribution in [0.3, 0.4) is 0 Å². The third kappa shape index (κ3) is 13.6. The van der Waals surface area contributed by atoms with E-state index in [0.717, 1.165) is 89.4 Å². The summed E-state index contributed by atoms with van der Waals surface area (Å²) in [7, 11) is 0. The summed E-state index contributed by atoms with van der Waals surface area (Å²) < 4.78 is 45.7. The van der Waals surface area contributed by atoms with Gasteiger partial charge in [0.15, 0.2) is 0 Å². The molecule has 8 bridgehead atoms. The number of hydrogen-bond acceptors (Lipinski definition) is 14. The standard InChI is InChI=1S/C60H62N4O12/c65-25-29-69-33-37-73-45-9-1-41(2-10-45)57-49-17-19-51(61-49)58(42-3-11-46(12-4-42)74-38-34-70-30-26-66)53-21-23-55(63-53)60(44-7-15-48(16-8-44)76-40-36-72-32-28-68)56-24-22-54(64-56)59(52-20-18-50(57)62-52)43-5-13-47(14-6-43)75-39-35-71-31-27-67/h1-24,61,64-68H,25-40H2. The molecule has 0 saturated heterocycles. The molecule has 76 heavy (non-hydrogen) atoms. The molecule has 2 aliphatic rings. The lowest BCUT2D eigenvalue weighted by atomic mass is 10.0. The van der Waals surface area contributed by atoms with Crippen LogP contribution in [0.5, 0.6) is 23.0 Å². The topological polar surface area (TPSA) is 212 Å². The van der Waals surface area contributed by atoms with E-state index in [1.54, 1.807) is 0 Å². The van der Waals surface area contributed by atoms with Gasteiger partial charge in [0, 0.05) is 44.3 Å². The normalized spacial score (nSPS) is 11.8. The van der Waals surface area contributed by atoms with E-state index in [1.165, 1.54) is 0 Å². The smallest absolute Gasteiger partial charge is 0.119 e. The molecular weight excluding hydrogens is 969 g/mol. The lowest BCUT2D eigenvalue weighted by Crippen LogP contribution is -2.09. The van der Waals surface area contributed by atoms with Crippen molar-refractivity contribution in [3.8, 4) is 67.5 Å². The number of rotatable bonds is 28. The summed E-state index contributed by atoms with van der Waals surface area (Å²) in [5.74, 6) is 2.71. The fourth-order valence-electron chi connectivity index (χ4n) is 8.83. The molecule has 0 spiro atoms. The molecule has 3 aromatic heterocycles. The number of nitrogens with zero attached hydrogens (tertiary/aromatic N) is 2. The van der Waals surface area contributed by atoms with Crippen molar-refractivity contribution in [2.75, 3.05) is 106 Å². The Hall–Kier alpha value is -7.64. The van der Waals surface area contributed by atoms with Gasteiger partial charge in [0.1, 0.15) is 49.4 Å². The Morgan fingerprint density at radius 2 is 0.500 bits per heavy atom. The Morgan fingerprint density at radius 3 is 0.711 bits per heavy atom. The quantitative estimate of drug-likeness (QED) is 0.0253. The van der Waals surface area contributed by atoms with Crippen LogP contribution in [0.25, 0.3) is 90.9 Å². The fourth-order valence-corrected chi connectivity index (χ4v) is 8.83. The van der Waals surface area contributed by atoms with E-state index in [2.05, 4.69) is 34.2 Å². The Labute approximate surface area is 440 Å². The number of aliphatic hydroxyl groups is 4. The van der Waals surface area contributed by atoms with Gasteiger partial charge in [0.2, 0.25) is 0 Å². The van der Waals surface area contributed by atoms with E-state index in [-0.39, 0.29) is 52.9 Å². The van der Waals surface area contributed by atoms with E-state index < -0.39 is 0 Å². The molecule has 5 heterocycles. The van der Waals surface area contributed by atoms with E-state index >= 15 is 0 Å². The van der Waals surface area contributed by atoms with Crippen molar-refractivity contribution in [2.45, 2.75) is 0 Å². The number of ether oxygens (including phenoxy) is 8. The third-order valence-electron chi connectivity index (χ3n) is 12.3. The predicted octanol–water partition coefficient (Wildman–Crippen LogP) is 8.87. The molecule has 0 aliphatic carbocycles. The lowest BCUT2D eigenvalue weighted by molar-refractivity contribution is 0.0705. The molecule has 0 saturated carbocycles. The van der Waals surface area contributed by atoms with Gasteiger partial charge in [-0.2, -0.15) is 0 Å². The first-order chi connectivity index (χ1) is 37.5. The zero-order valence-corrected chi connectivity index (χ0v) is 42.1. The minimum atomic E-state index is -0.0490. The second-order valence-corrected chi connectivity index (χ2v) is 17.3. The fraction of sp³-hybridized carbons (Fsp3) is 0.267. The van der Waals surface area contributed by atoms with Crippen LogP contribution in [0.2, 0.25) is 0 Å². The molecule has 6 N–H and O–H groups in total. The molecule has 0 atom stereocenters. The van der Waals surface area contributed by atoms with Crippen LogP contribution >= 0.6 is 0 Å². The van der Waals surface area contributed by atoms with Gasteiger partial charge in [0.25, 0.3) is 0 Å². The third-order valence-corrected chi connectivity index (χ3v) is 12.3. The largest absolute Gasteiger partial charge is 0.491 e. The van der Waals surface area contributed by atoms with Gasteiger partial charge in [-0.3, -0.25) is 0 Å². The maximum Gasteiger partial charge on any atom is 0.119 e. The number of fused-ring (bicyclic) bond motifs is 8. The van der Waals surface area contributed by atoms with Gasteiger partial charge in [0.05, 0.1) is 102 Å². The van der Waals surface area contributed by atoms with E-state index in [0.29, 0.717) is 75.9 Å². The highest BCUT2D eigenvalue weighted by atomic mass is 16.5. The van der Waals surface area contributed by atoms with Crippen molar-refractivity contribution >= 4 is 46.4 Å². The minimum absolute atomic E-state index is 0.0490. The van der Waals surface area contributed by atoms with E-state index in [4.69, 9.17) is 68.3 Å². The molecule has 0 fully saturated rings. The first-order valence-electron chi connectivity index (χ1n) is 25.4. The Balaban J connectivity index is 1.23. The van der Waals surface area contributed by atoms with Crippen LogP contribution < -0.4 is 18.9 Å². The summed E-state index contributed by atoms with van der Waals surface area (Å²) >= 11 is 0. The second kappa shape index (κ2) is 27.2. The van der Waals surface area contributed by atoms with E-state index in [1.807, 2.05) is 121 Å². The van der Waals surface area contributed by atoms with Crippen LogP contribution in [-0.4, -0.2) is 146 Å². The first kappa shape index (κ1) is 53.2. The maximum absolute atomic E-state index is 9.12. The van der Waals surface area contributed by atoms with E-state index in [9.17, 15) is 0 Å². The van der Waals surface area contributed by atoms with Crippen LogP contribution in [0.4, 0.5) is 0 Å². The van der Waals surface area contributed by atoms with Crippen LogP contribution in [0.1, 0.15) is 22.8 Å². The summed E-state index contributed by atoms with van der Waals surface area (Å²) in [6.07, 6.45) is 8.18. The average Bonchev–Trinajstić information content (AvgIpc) is 4.32. The average molecular weight is 1030 g/mol. The van der Waals surface area contributed by atoms with Crippen molar-refractivity contribution < 1.29 is 58.3 Å². The van der Waals surface area contributed by atoms with Crippen molar-refractivity contribution in [1.29, 1.82) is 0 Å². The molecule has 2 aliphatic heterocycles. The summed E-state index contributed by atoms with van der Waals surface area (Å²) in [6, 6.07) is 39.9. The zero-order chi connectivity index (χ0) is 52.3. The summed E-state index contributed by atoms with van der Waals surface area (Å²) in [5.41, 5.74) is 13.3. The molecular formula is C60H62N4O12. The minimum Gasteiger partial charge on any atom is -0.491 e. The van der Waals surface area contributed by atoms with Gasteiger partial charge >= 0.3 is 0 Å². The number of benzene rings is 4. The zero-order valence-electron chi connectivity index (χ0n) is 42.1. The van der Waals surface area contributed by atoms with Crippen LogP contribution in [0.15, 0.2) is 121 Å². The number of aromatic nitrogens is 4. The highest BCUT2D eigenvalue weighted by Crippen LogP contribution is 2.39. The van der Waals surface area contributed by atoms with Crippen LogP contribution in [0, 0.1) is 0 Å². The van der Waals surface area contributed by atoms with Crippen molar-refractivity contribution in [3.63, 3.8) is 0 Å². The van der Waals surface area contributed by atoms with Crippen LogP contribution in [-0.2, 0) is 18.9 Å². The van der Waals surface area contributed by atoms with Gasteiger partial charge < -0.3 is 68.3 Å². The lowest BCUT2D eigenvalue weighted by Gasteiger charge is -2.10. The van der Waals surface area contributed by atoms with Gasteiger partial charge in [-0.05, 0) is 119 Å². The molecule has 4 aromatic carbocycles. The van der Waals surface area contributed by atoms with Gasteiger partial charge in [-0.15, -0.1) is 0 Å². The molecule has 394 valence electrons. The number of nitrogens with one attached hydrogen (secondary N) is 2. The summed E-state index contributed by atoms with van der Waals surface area (Å²) in [6.45, 7) is 3.54. The Kier molecular flexibility index (Phi) is 19.1. The highest BCUT2D eigenvalue weighted by molar-refractivity contribution is 6.00. The van der Waals surface area contributed by atoms with Gasteiger partial charge in [-0.1, -0.05) is 48.5 Å². The maximum atomic E-state index is 9.12. The highest BCUT2D eigenvalue weighted by Gasteiger charge is 2.20. The summed E-state index contributed by atoms with van der Waals surface area (Å²) in [4.78, 5) is 18.5. The second-order valence-electron chi connectivity index (χ2n) is 17.3. The number of aromatic amines is 2. The molecule has 16 nitrogen and oxygen atoms in total.